The van der Waals surface area contributed by atoms with E-state index in [2.05, 4.69) is 16.3 Å². The first-order valence-corrected chi connectivity index (χ1v) is 9.34. The fourth-order valence-electron chi connectivity index (χ4n) is 2.32. The molecule has 0 aliphatic heterocycles. The second-order valence-corrected chi connectivity index (χ2v) is 7.15. The smallest absolute Gasteiger partial charge is 0.316 e. The van der Waals surface area contributed by atoms with Gasteiger partial charge in [0.05, 0.1) is 18.4 Å². The number of ether oxygens (including phenoxy) is 1. The highest BCUT2D eigenvalue weighted by Gasteiger charge is 2.16. The molecule has 0 unspecified atom stereocenters. The minimum absolute atomic E-state index is 0.0985. The van der Waals surface area contributed by atoms with Crippen LogP contribution in [0.15, 0.2) is 59.0 Å². The van der Waals surface area contributed by atoms with Gasteiger partial charge >= 0.3 is 5.97 Å². The van der Waals surface area contributed by atoms with Gasteiger partial charge in [-0.25, -0.2) is 4.98 Å². The predicted molar refractivity (Wildman–Crippen MR) is 102 cm³/mol. The molecule has 0 spiro atoms. The Morgan fingerprint density at radius 1 is 1.40 bits per heavy atom. The number of allylic oxidation sites excluding steroid dienone is 1. The van der Waals surface area contributed by atoms with Crippen LogP contribution in [0.5, 0.6) is 0 Å². The number of rotatable bonds is 6. The third-order valence-electron chi connectivity index (χ3n) is 3.52. The van der Waals surface area contributed by atoms with Crippen molar-refractivity contribution in [2.45, 2.75) is 11.7 Å². The molecule has 0 saturated heterocycles. The Hall–Kier alpha value is -2.38. The second-order valence-electron chi connectivity index (χ2n) is 5.15. The van der Waals surface area contributed by atoms with Gasteiger partial charge in [0.1, 0.15) is 4.70 Å². The fraction of sp³-hybridized carbons (Fsp3) is 0.167. The van der Waals surface area contributed by atoms with E-state index in [0.717, 1.165) is 10.4 Å². The van der Waals surface area contributed by atoms with Gasteiger partial charge in [0.15, 0.2) is 5.16 Å². The zero-order valence-electron chi connectivity index (χ0n) is 13.6. The lowest BCUT2D eigenvalue weighted by atomic mass is 10.2. The highest BCUT2D eigenvalue weighted by Crippen LogP contribution is 2.31. The Morgan fingerprint density at radius 2 is 2.16 bits per heavy atom. The van der Waals surface area contributed by atoms with Crippen molar-refractivity contribution >= 4 is 39.3 Å². The maximum Gasteiger partial charge on any atom is 0.316 e. The Morgan fingerprint density at radius 3 is 2.84 bits per heavy atom. The molecule has 0 amide bonds. The summed E-state index contributed by atoms with van der Waals surface area (Å²) in [4.78, 5) is 29.8. The van der Waals surface area contributed by atoms with Crippen molar-refractivity contribution in [2.24, 2.45) is 0 Å². The maximum atomic E-state index is 12.9. The van der Waals surface area contributed by atoms with Gasteiger partial charge in [-0.3, -0.25) is 14.2 Å². The van der Waals surface area contributed by atoms with Crippen molar-refractivity contribution in [3.63, 3.8) is 0 Å². The van der Waals surface area contributed by atoms with Gasteiger partial charge in [-0.05, 0) is 11.6 Å². The number of methoxy groups -OCH3 is 1. The Labute approximate surface area is 153 Å². The molecule has 0 N–H and O–H groups in total. The maximum absolute atomic E-state index is 12.9. The summed E-state index contributed by atoms with van der Waals surface area (Å²) in [6, 6.07) is 11.8. The monoisotopic (exact) mass is 372 g/mol. The number of hydrogen-bond acceptors (Lipinski definition) is 6. The first kappa shape index (κ1) is 17.4. The number of esters is 1. The van der Waals surface area contributed by atoms with E-state index in [1.165, 1.54) is 34.8 Å². The number of nitrogens with zero attached hydrogens (tertiary/aromatic N) is 2. The number of carbonyl (C=O) groups excluding carboxylic acids is 1. The summed E-state index contributed by atoms with van der Waals surface area (Å²) in [6.07, 6.45) is 1.64. The summed E-state index contributed by atoms with van der Waals surface area (Å²) in [7, 11) is 1.33. The van der Waals surface area contributed by atoms with Crippen LogP contribution in [0.4, 0.5) is 0 Å². The lowest BCUT2D eigenvalue weighted by Crippen LogP contribution is -2.22. The number of thioether (sulfide) groups is 1. The molecule has 0 bridgehead atoms. The predicted octanol–water partition coefficient (Wildman–Crippen LogP) is 3.58. The third kappa shape index (κ3) is 3.67. The molecule has 3 aromatic rings. The standard InChI is InChI=1S/C18H16N2O3S2/c1-3-9-20-17(22)16-13(19-18(20)24-11-15(21)23-2)10-14(25-16)12-7-5-4-6-8-12/h3-8,10H,1,9,11H2,2H3. The Bertz CT molecular complexity index is 977. The van der Waals surface area contributed by atoms with E-state index in [1.807, 2.05) is 36.4 Å². The molecule has 3 rings (SSSR count). The zero-order valence-corrected chi connectivity index (χ0v) is 15.2. The summed E-state index contributed by atoms with van der Waals surface area (Å²) in [6.45, 7) is 4.03. The number of benzene rings is 1. The molecule has 0 radical (unpaired) electrons. The molecule has 7 heteroatoms. The molecule has 25 heavy (non-hydrogen) atoms. The number of thiophene rings is 1. The van der Waals surface area contributed by atoms with E-state index in [4.69, 9.17) is 0 Å². The number of carbonyl (C=O) groups is 1. The van der Waals surface area contributed by atoms with E-state index in [1.54, 1.807) is 6.08 Å². The van der Waals surface area contributed by atoms with Gasteiger partial charge in [-0.15, -0.1) is 17.9 Å². The van der Waals surface area contributed by atoms with Crippen LogP contribution in [0.3, 0.4) is 0 Å². The highest BCUT2D eigenvalue weighted by atomic mass is 32.2. The topological polar surface area (TPSA) is 61.2 Å². The van der Waals surface area contributed by atoms with Crippen molar-refractivity contribution in [3.05, 3.63) is 59.4 Å². The highest BCUT2D eigenvalue weighted by molar-refractivity contribution is 7.99. The molecule has 5 nitrogen and oxygen atoms in total. The number of hydrogen-bond donors (Lipinski definition) is 0. The van der Waals surface area contributed by atoms with Crippen LogP contribution in [0.1, 0.15) is 0 Å². The molecule has 0 atom stereocenters. The summed E-state index contributed by atoms with van der Waals surface area (Å²) in [5, 5.41) is 0.486. The molecule has 1 aromatic carbocycles. The largest absolute Gasteiger partial charge is 0.468 e. The van der Waals surface area contributed by atoms with Crippen LogP contribution in [-0.4, -0.2) is 28.4 Å². The molecule has 0 fully saturated rings. The van der Waals surface area contributed by atoms with Crippen molar-refractivity contribution in [3.8, 4) is 10.4 Å². The Kier molecular flexibility index (Phi) is 5.35. The van der Waals surface area contributed by atoms with Gasteiger partial charge in [0.2, 0.25) is 0 Å². The third-order valence-corrected chi connectivity index (χ3v) is 5.63. The molecule has 0 aliphatic carbocycles. The van der Waals surface area contributed by atoms with Crippen LogP contribution in [0, 0.1) is 0 Å². The van der Waals surface area contributed by atoms with Crippen LogP contribution in [0.2, 0.25) is 0 Å². The van der Waals surface area contributed by atoms with Crippen molar-refractivity contribution in [1.29, 1.82) is 0 Å². The summed E-state index contributed by atoms with van der Waals surface area (Å²) >= 11 is 2.61. The summed E-state index contributed by atoms with van der Waals surface area (Å²) < 4.78 is 6.79. The van der Waals surface area contributed by atoms with Gasteiger partial charge in [-0.1, -0.05) is 48.2 Å². The van der Waals surface area contributed by atoms with Gasteiger partial charge in [0, 0.05) is 11.4 Å². The molecule has 128 valence electrons. The molecular weight excluding hydrogens is 356 g/mol. The van der Waals surface area contributed by atoms with Gasteiger partial charge < -0.3 is 4.74 Å². The van der Waals surface area contributed by atoms with E-state index in [-0.39, 0.29) is 17.3 Å². The zero-order chi connectivity index (χ0) is 17.8. The number of fused-ring (bicyclic) bond motifs is 1. The molecule has 2 aromatic heterocycles. The SMILES string of the molecule is C=CCn1c(SCC(=O)OC)nc2cc(-c3ccccc3)sc2c1=O. The van der Waals surface area contributed by atoms with E-state index in [9.17, 15) is 9.59 Å². The quantitative estimate of drug-likeness (QED) is 0.286. The van der Waals surface area contributed by atoms with Crippen molar-refractivity contribution in [2.75, 3.05) is 12.9 Å². The van der Waals surface area contributed by atoms with Crippen LogP contribution < -0.4 is 5.56 Å². The van der Waals surface area contributed by atoms with Gasteiger partial charge in [0.25, 0.3) is 5.56 Å². The fourth-order valence-corrected chi connectivity index (χ4v) is 4.21. The van der Waals surface area contributed by atoms with Gasteiger partial charge in [-0.2, -0.15) is 0 Å². The van der Waals surface area contributed by atoms with Crippen LogP contribution in [0.25, 0.3) is 20.7 Å². The number of aromatic nitrogens is 2. The van der Waals surface area contributed by atoms with E-state index < -0.39 is 0 Å². The second kappa shape index (κ2) is 7.67. The summed E-state index contributed by atoms with van der Waals surface area (Å²) in [5.74, 6) is -0.263. The summed E-state index contributed by atoms with van der Waals surface area (Å²) in [5.41, 5.74) is 1.56. The Balaban J connectivity index is 2.09. The first-order valence-electron chi connectivity index (χ1n) is 7.54. The van der Waals surface area contributed by atoms with E-state index >= 15 is 0 Å². The lowest BCUT2D eigenvalue weighted by Gasteiger charge is -2.09. The average molecular weight is 372 g/mol. The molecule has 0 saturated carbocycles. The minimum Gasteiger partial charge on any atom is -0.468 e. The molecular formula is C18H16N2O3S2. The minimum atomic E-state index is -0.361. The average Bonchev–Trinajstić information content (AvgIpc) is 3.07. The molecule has 0 aliphatic rings. The van der Waals surface area contributed by atoms with Crippen molar-refractivity contribution in [1.82, 2.24) is 9.55 Å². The first-order chi connectivity index (χ1) is 12.1. The van der Waals surface area contributed by atoms with E-state index in [0.29, 0.717) is 21.9 Å². The van der Waals surface area contributed by atoms with Crippen molar-refractivity contribution < 1.29 is 9.53 Å². The van der Waals surface area contributed by atoms with Crippen LogP contribution >= 0.6 is 23.1 Å². The lowest BCUT2D eigenvalue weighted by molar-refractivity contribution is -0.137. The van der Waals surface area contributed by atoms with Crippen LogP contribution in [-0.2, 0) is 16.1 Å². The molecule has 2 heterocycles. The normalized spacial score (nSPS) is 10.8.